The Hall–Kier alpha value is -1.00. The second-order valence-electron chi connectivity index (χ2n) is 4.43. The Labute approximate surface area is 116 Å². The zero-order valence-corrected chi connectivity index (χ0v) is 12.1. The molecule has 1 aliphatic carbocycles. The van der Waals surface area contributed by atoms with Crippen LogP contribution >= 0.6 is 15.9 Å². The van der Waals surface area contributed by atoms with E-state index in [4.69, 9.17) is 9.47 Å². The van der Waals surface area contributed by atoms with Crippen LogP contribution in [0.3, 0.4) is 0 Å². The third-order valence-corrected chi connectivity index (χ3v) is 3.04. The predicted molar refractivity (Wildman–Crippen MR) is 76.4 cm³/mol. The highest BCUT2D eigenvalue weighted by molar-refractivity contribution is 9.11. The first-order valence-corrected chi connectivity index (χ1v) is 6.84. The van der Waals surface area contributed by atoms with E-state index < -0.39 is 0 Å². The van der Waals surface area contributed by atoms with E-state index in [1.54, 1.807) is 7.11 Å². The second kappa shape index (κ2) is 6.25. The molecule has 0 amide bonds. The summed E-state index contributed by atoms with van der Waals surface area (Å²) < 4.78 is 11.8. The minimum atomic E-state index is 0.475. The number of methoxy groups -OCH3 is 1. The van der Waals surface area contributed by atoms with Crippen molar-refractivity contribution in [2.75, 3.05) is 13.7 Å². The Kier molecular flexibility index (Phi) is 4.66. The molecule has 0 unspecified atom stereocenters. The summed E-state index contributed by atoms with van der Waals surface area (Å²) in [5.74, 6) is 1.73. The minimum Gasteiger partial charge on any atom is -0.497 e. The maximum absolute atomic E-state index is 5.71. The molecular weight excluding hydrogens is 294 g/mol. The van der Waals surface area contributed by atoms with Crippen molar-refractivity contribution in [3.8, 4) is 11.5 Å². The van der Waals surface area contributed by atoms with Crippen molar-refractivity contribution >= 4 is 15.9 Å². The molecule has 1 saturated carbocycles. The molecule has 0 spiro atoms. The van der Waals surface area contributed by atoms with Crippen molar-refractivity contribution < 1.29 is 9.47 Å². The molecule has 0 bridgehead atoms. The normalized spacial score (nSPS) is 14.3. The molecule has 0 heterocycles. The molecule has 0 aliphatic heterocycles. The van der Waals surface area contributed by atoms with Gasteiger partial charge in [-0.2, -0.15) is 0 Å². The molecule has 3 nitrogen and oxygen atoms in total. The van der Waals surface area contributed by atoms with Crippen LogP contribution in [0.15, 0.2) is 29.3 Å². The smallest absolute Gasteiger partial charge is 0.124 e. The molecular formula is C14H18BrNO2. The first-order valence-electron chi connectivity index (χ1n) is 6.05. The predicted octanol–water partition coefficient (Wildman–Crippen LogP) is 3.23. The monoisotopic (exact) mass is 311 g/mol. The summed E-state index contributed by atoms with van der Waals surface area (Å²) in [7, 11) is 1.67. The van der Waals surface area contributed by atoms with Crippen LogP contribution in [0.25, 0.3) is 0 Å². The van der Waals surface area contributed by atoms with Gasteiger partial charge in [0.15, 0.2) is 0 Å². The first kappa shape index (κ1) is 13.4. The molecule has 0 aromatic heterocycles. The van der Waals surface area contributed by atoms with Crippen molar-refractivity contribution in [2.24, 2.45) is 0 Å². The van der Waals surface area contributed by atoms with Gasteiger partial charge in [0.1, 0.15) is 18.1 Å². The maximum atomic E-state index is 5.71. The van der Waals surface area contributed by atoms with Crippen LogP contribution < -0.4 is 14.8 Å². The van der Waals surface area contributed by atoms with Crippen LogP contribution in [0, 0.1) is 0 Å². The average molecular weight is 312 g/mol. The molecule has 1 N–H and O–H groups in total. The van der Waals surface area contributed by atoms with Crippen LogP contribution in [-0.2, 0) is 6.54 Å². The molecule has 98 valence electrons. The van der Waals surface area contributed by atoms with Crippen molar-refractivity contribution in [3.05, 3.63) is 34.8 Å². The first-order chi connectivity index (χ1) is 8.69. The Morgan fingerprint density at radius 2 is 2.28 bits per heavy atom. The third-order valence-electron chi connectivity index (χ3n) is 2.81. The molecule has 1 fully saturated rings. The zero-order valence-electron chi connectivity index (χ0n) is 10.5. The van der Waals surface area contributed by atoms with Gasteiger partial charge in [-0.05, 0) is 31.0 Å². The van der Waals surface area contributed by atoms with Crippen molar-refractivity contribution in [1.82, 2.24) is 5.32 Å². The van der Waals surface area contributed by atoms with Crippen LogP contribution in [0.4, 0.5) is 0 Å². The lowest BCUT2D eigenvalue weighted by Gasteiger charge is -2.13. The number of nitrogens with one attached hydrogen (secondary N) is 1. The maximum Gasteiger partial charge on any atom is 0.124 e. The van der Waals surface area contributed by atoms with E-state index in [0.717, 1.165) is 28.1 Å². The summed E-state index contributed by atoms with van der Waals surface area (Å²) in [6.45, 7) is 5.06. The molecule has 1 aromatic carbocycles. The van der Waals surface area contributed by atoms with Crippen molar-refractivity contribution in [2.45, 2.75) is 25.4 Å². The van der Waals surface area contributed by atoms with Gasteiger partial charge in [-0.1, -0.05) is 22.5 Å². The molecule has 0 radical (unpaired) electrons. The summed E-state index contributed by atoms with van der Waals surface area (Å²) in [6, 6.07) is 6.54. The number of hydrogen-bond acceptors (Lipinski definition) is 3. The SMILES string of the molecule is C=C(Br)COc1ccc(OC)cc1CNC1CC1. The Balaban J connectivity index is 2.06. The van der Waals surface area contributed by atoms with E-state index in [1.165, 1.54) is 12.8 Å². The van der Waals surface area contributed by atoms with Crippen LogP contribution in [0.2, 0.25) is 0 Å². The van der Waals surface area contributed by atoms with Gasteiger partial charge in [-0.3, -0.25) is 0 Å². The molecule has 2 rings (SSSR count). The molecule has 18 heavy (non-hydrogen) atoms. The number of rotatable bonds is 7. The van der Waals surface area contributed by atoms with E-state index in [-0.39, 0.29) is 0 Å². The quantitative estimate of drug-likeness (QED) is 0.838. The fraction of sp³-hybridized carbons (Fsp3) is 0.429. The van der Waals surface area contributed by atoms with Gasteiger partial charge >= 0.3 is 0 Å². The van der Waals surface area contributed by atoms with Crippen molar-refractivity contribution in [1.29, 1.82) is 0 Å². The van der Waals surface area contributed by atoms with Gasteiger partial charge in [0.05, 0.1) is 7.11 Å². The lowest BCUT2D eigenvalue weighted by Crippen LogP contribution is -2.16. The highest BCUT2D eigenvalue weighted by Gasteiger charge is 2.20. The molecule has 0 saturated heterocycles. The van der Waals surface area contributed by atoms with Crippen LogP contribution in [0.5, 0.6) is 11.5 Å². The van der Waals surface area contributed by atoms with Gasteiger partial charge in [0.25, 0.3) is 0 Å². The number of halogens is 1. The minimum absolute atomic E-state index is 0.475. The molecule has 0 atom stereocenters. The van der Waals surface area contributed by atoms with Gasteiger partial charge in [0.2, 0.25) is 0 Å². The van der Waals surface area contributed by atoms with Crippen molar-refractivity contribution in [3.63, 3.8) is 0 Å². The lowest BCUT2D eigenvalue weighted by atomic mass is 10.2. The standard InChI is InChI=1S/C14H18BrNO2/c1-10(15)9-18-14-6-5-13(17-2)7-11(14)8-16-12-3-4-12/h5-7,12,16H,1,3-4,8-9H2,2H3. The Morgan fingerprint density at radius 3 is 2.89 bits per heavy atom. The van der Waals surface area contributed by atoms with Crippen LogP contribution in [-0.4, -0.2) is 19.8 Å². The number of ether oxygens (including phenoxy) is 2. The largest absolute Gasteiger partial charge is 0.497 e. The average Bonchev–Trinajstić information content (AvgIpc) is 3.18. The van der Waals surface area contributed by atoms with E-state index in [1.807, 2.05) is 18.2 Å². The second-order valence-corrected chi connectivity index (χ2v) is 5.56. The summed E-state index contributed by atoms with van der Waals surface area (Å²) in [6.07, 6.45) is 2.55. The van der Waals surface area contributed by atoms with Gasteiger partial charge < -0.3 is 14.8 Å². The molecule has 4 heteroatoms. The highest BCUT2D eigenvalue weighted by Crippen LogP contribution is 2.26. The lowest BCUT2D eigenvalue weighted by molar-refractivity contribution is 0.353. The number of hydrogen-bond donors (Lipinski definition) is 1. The summed E-state index contributed by atoms with van der Waals surface area (Å²) >= 11 is 3.30. The van der Waals surface area contributed by atoms with Gasteiger partial charge in [-0.15, -0.1) is 0 Å². The zero-order chi connectivity index (χ0) is 13.0. The van der Waals surface area contributed by atoms with E-state index in [9.17, 15) is 0 Å². The van der Waals surface area contributed by atoms with E-state index in [2.05, 4.69) is 27.8 Å². The fourth-order valence-corrected chi connectivity index (χ4v) is 1.77. The van der Waals surface area contributed by atoms with E-state index >= 15 is 0 Å². The Morgan fingerprint density at radius 1 is 1.50 bits per heavy atom. The highest BCUT2D eigenvalue weighted by atomic mass is 79.9. The fourth-order valence-electron chi connectivity index (χ4n) is 1.66. The topological polar surface area (TPSA) is 30.5 Å². The van der Waals surface area contributed by atoms with Crippen LogP contribution in [0.1, 0.15) is 18.4 Å². The summed E-state index contributed by atoms with van der Waals surface area (Å²) in [5, 5.41) is 3.48. The molecule has 1 aliphatic rings. The molecule has 1 aromatic rings. The van der Waals surface area contributed by atoms with Gasteiger partial charge in [-0.25, -0.2) is 0 Å². The summed E-state index contributed by atoms with van der Waals surface area (Å²) in [4.78, 5) is 0. The third kappa shape index (κ3) is 4.03. The number of benzene rings is 1. The van der Waals surface area contributed by atoms with E-state index in [0.29, 0.717) is 12.6 Å². The Bertz CT molecular complexity index is 430. The summed E-state index contributed by atoms with van der Waals surface area (Å²) in [5.41, 5.74) is 1.12. The van der Waals surface area contributed by atoms with Gasteiger partial charge in [0, 0.05) is 22.6 Å².